The normalized spacial score (nSPS) is 11.8. The van der Waals surface area contributed by atoms with Gasteiger partial charge in [0.2, 0.25) is 11.9 Å². The Labute approximate surface area is 104 Å². The molecule has 5 N–H and O–H groups in total. The van der Waals surface area contributed by atoms with Crippen LogP contribution in [0.2, 0.25) is 0 Å². The minimum atomic E-state index is -1.12. The Kier molecular flexibility index (Phi) is 5.00. The summed E-state index contributed by atoms with van der Waals surface area (Å²) in [4.78, 5) is 29.5. The van der Waals surface area contributed by atoms with Gasteiger partial charge in [-0.25, -0.2) is 9.97 Å². The number of nitrogens with one attached hydrogen (secondary N) is 2. The number of primary amides is 1. The Balaban J connectivity index is 2.55. The van der Waals surface area contributed by atoms with Crippen molar-refractivity contribution in [3.8, 4) is 0 Å². The van der Waals surface area contributed by atoms with Gasteiger partial charge in [-0.2, -0.15) is 0 Å². The lowest BCUT2D eigenvalue weighted by Crippen LogP contribution is -2.39. The van der Waals surface area contributed by atoms with Gasteiger partial charge in [-0.3, -0.25) is 14.9 Å². The van der Waals surface area contributed by atoms with E-state index < -0.39 is 17.9 Å². The number of amides is 1. The molecular formula is C10H15N5O3. The van der Waals surface area contributed by atoms with Crippen LogP contribution in [0.25, 0.3) is 0 Å². The van der Waals surface area contributed by atoms with Crippen LogP contribution in [0.15, 0.2) is 12.4 Å². The quantitative estimate of drug-likeness (QED) is 0.487. The fourth-order valence-corrected chi connectivity index (χ4v) is 1.26. The number of nitrogens with zero attached hydrogens (tertiary/aromatic N) is 2. The number of carbonyl (C=O) groups excluding carboxylic acids is 1. The summed E-state index contributed by atoms with van der Waals surface area (Å²) in [5, 5.41) is 14.3. The molecule has 0 aromatic carbocycles. The molecule has 0 aliphatic carbocycles. The monoisotopic (exact) mass is 253 g/mol. The van der Waals surface area contributed by atoms with Crippen molar-refractivity contribution in [2.24, 2.45) is 5.73 Å². The lowest BCUT2D eigenvalue weighted by molar-refractivity contribution is -0.141. The van der Waals surface area contributed by atoms with Crippen molar-refractivity contribution in [2.75, 3.05) is 12.4 Å². The molecule has 0 bridgehead atoms. The topological polar surface area (TPSA) is 130 Å². The summed E-state index contributed by atoms with van der Waals surface area (Å²) in [6, 6.07) is -1.01. The summed E-state index contributed by atoms with van der Waals surface area (Å²) in [7, 11) is 1.70. The molecule has 8 heteroatoms. The summed E-state index contributed by atoms with van der Waals surface area (Å²) in [5.74, 6) is -1.32. The van der Waals surface area contributed by atoms with Crippen LogP contribution in [0.5, 0.6) is 0 Å². The van der Waals surface area contributed by atoms with E-state index in [1.54, 1.807) is 19.4 Å². The zero-order chi connectivity index (χ0) is 13.5. The smallest absolute Gasteiger partial charge is 0.321 e. The number of hydrogen-bond acceptors (Lipinski definition) is 6. The molecule has 1 rings (SSSR count). The maximum absolute atomic E-state index is 10.8. The van der Waals surface area contributed by atoms with E-state index in [0.29, 0.717) is 11.5 Å². The maximum Gasteiger partial charge on any atom is 0.321 e. The van der Waals surface area contributed by atoms with Gasteiger partial charge in [-0.15, -0.1) is 0 Å². The van der Waals surface area contributed by atoms with E-state index in [2.05, 4.69) is 20.6 Å². The van der Waals surface area contributed by atoms with Crippen molar-refractivity contribution >= 4 is 17.8 Å². The molecular weight excluding hydrogens is 238 g/mol. The van der Waals surface area contributed by atoms with Crippen LogP contribution in [0.4, 0.5) is 5.95 Å². The van der Waals surface area contributed by atoms with E-state index in [0.717, 1.165) is 0 Å². The van der Waals surface area contributed by atoms with E-state index in [1.807, 2.05) is 0 Å². The third kappa shape index (κ3) is 4.34. The molecule has 8 nitrogen and oxygen atoms in total. The number of rotatable bonds is 7. The van der Waals surface area contributed by atoms with Crippen LogP contribution in [0, 0.1) is 0 Å². The molecule has 0 aliphatic heterocycles. The van der Waals surface area contributed by atoms with E-state index >= 15 is 0 Å². The lowest BCUT2D eigenvalue weighted by atomic mass is 10.2. The zero-order valence-electron chi connectivity index (χ0n) is 9.88. The van der Waals surface area contributed by atoms with Crippen LogP contribution in [0.1, 0.15) is 12.0 Å². The number of hydrogen-bond donors (Lipinski definition) is 4. The molecule has 1 heterocycles. The van der Waals surface area contributed by atoms with Gasteiger partial charge in [0.25, 0.3) is 0 Å². The SMILES string of the molecule is CNc1ncc(CN[C@@H](CC(N)=O)C(=O)O)cn1. The molecule has 0 fully saturated rings. The molecule has 0 unspecified atom stereocenters. The number of carboxylic acid groups (broad SMARTS) is 1. The molecule has 1 aromatic rings. The standard InChI is InChI=1S/C10H15N5O3/c1-12-10-14-4-6(5-15-10)3-13-7(9(17)18)2-8(11)16/h4-5,7,13H,2-3H2,1H3,(H2,11,16)(H,17,18)(H,12,14,15)/t7-/m0/s1. The molecule has 1 atom stereocenters. The van der Waals surface area contributed by atoms with E-state index in [4.69, 9.17) is 10.8 Å². The van der Waals surface area contributed by atoms with Gasteiger partial charge in [-0.1, -0.05) is 0 Å². The van der Waals surface area contributed by atoms with Crippen molar-refractivity contribution in [3.05, 3.63) is 18.0 Å². The summed E-state index contributed by atoms with van der Waals surface area (Å²) in [6.45, 7) is 0.244. The first-order valence-electron chi connectivity index (χ1n) is 5.26. The highest BCUT2D eigenvalue weighted by molar-refractivity contribution is 5.83. The average molecular weight is 253 g/mol. The van der Waals surface area contributed by atoms with Gasteiger partial charge in [-0.05, 0) is 0 Å². The predicted octanol–water partition coefficient (Wildman–Crippen LogP) is -1.06. The fraction of sp³-hybridized carbons (Fsp3) is 0.400. The van der Waals surface area contributed by atoms with Crippen LogP contribution in [-0.2, 0) is 16.1 Å². The number of aromatic nitrogens is 2. The molecule has 98 valence electrons. The van der Waals surface area contributed by atoms with Gasteiger partial charge in [0.1, 0.15) is 6.04 Å². The lowest BCUT2D eigenvalue weighted by Gasteiger charge is -2.12. The first-order valence-corrected chi connectivity index (χ1v) is 5.26. The molecule has 0 saturated heterocycles. The molecule has 0 aliphatic rings. The summed E-state index contributed by atoms with van der Waals surface area (Å²) in [5.41, 5.74) is 5.68. The van der Waals surface area contributed by atoms with Crippen molar-refractivity contribution < 1.29 is 14.7 Å². The second kappa shape index (κ2) is 6.50. The third-order valence-corrected chi connectivity index (χ3v) is 2.18. The number of anilines is 1. The largest absolute Gasteiger partial charge is 0.480 e. The van der Waals surface area contributed by atoms with Crippen LogP contribution >= 0.6 is 0 Å². The Bertz CT molecular complexity index is 420. The maximum atomic E-state index is 10.8. The second-order valence-corrected chi connectivity index (χ2v) is 3.61. The number of nitrogens with two attached hydrogens (primary N) is 1. The minimum absolute atomic E-state index is 0.244. The first-order chi connectivity index (χ1) is 8.52. The minimum Gasteiger partial charge on any atom is -0.480 e. The molecule has 0 radical (unpaired) electrons. The molecule has 0 spiro atoms. The van der Waals surface area contributed by atoms with Crippen molar-refractivity contribution in [1.29, 1.82) is 0 Å². The Morgan fingerprint density at radius 1 is 1.44 bits per heavy atom. The van der Waals surface area contributed by atoms with Crippen LogP contribution < -0.4 is 16.4 Å². The Morgan fingerprint density at radius 3 is 2.50 bits per heavy atom. The Morgan fingerprint density at radius 2 is 2.06 bits per heavy atom. The van der Waals surface area contributed by atoms with Crippen molar-refractivity contribution in [1.82, 2.24) is 15.3 Å². The molecule has 18 heavy (non-hydrogen) atoms. The Hall–Kier alpha value is -2.22. The van der Waals surface area contributed by atoms with Crippen molar-refractivity contribution in [3.63, 3.8) is 0 Å². The molecule has 1 aromatic heterocycles. The van der Waals surface area contributed by atoms with Crippen LogP contribution in [-0.4, -0.2) is 40.0 Å². The number of carbonyl (C=O) groups is 2. The van der Waals surface area contributed by atoms with Gasteiger partial charge in [0.05, 0.1) is 6.42 Å². The summed E-state index contributed by atoms with van der Waals surface area (Å²) in [6.07, 6.45) is 2.87. The average Bonchev–Trinajstić information content (AvgIpc) is 2.34. The van der Waals surface area contributed by atoms with Gasteiger partial charge >= 0.3 is 5.97 Å². The second-order valence-electron chi connectivity index (χ2n) is 3.61. The molecule has 0 saturated carbocycles. The van der Waals surface area contributed by atoms with Gasteiger partial charge in [0, 0.05) is 31.5 Å². The summed E-state index contributed by atoms with van der Waals surface area (Å²) >= 11 is 0. The van der Waals surface area contributed by atoms with E-state index in [1.165, 1.54) is 0 Å². The highest BCUT2D eigenvalue weighted by Crippen LogP contribution is 2.00. The number of carboxylic acids is 1. The molecule has 1 amide bonds. The third-order valence-electron chi connectivity index (χ3n) is 2.18. The van der Waals surface area contributed by atoms with Crippen molar-refractivity contribution in [2.45, 2.75) is 19.0 Å². The fourth-order valence-electron chi connectivity index (χ4n) is 1.26. The zero-order valence-corrected chi connectivity index (χ0v) is 9.88. The number of aliphatic carboxylic acids is 1. The van der Waals surface area contributed by atoms with Gasteiger partial charge in [0.15, 0.2) is 0 Å². The summed E-state index contributed by atoms with van der Waals surface area (Å²) < 4.78 is 0. The van der Waals surface area contributed by atoms with Crippen LogP contribution in [0.3, 0.4) is 0 Å². The van der Waals surface area contributed by atoms with E-state index in [9.17, 15) is 9.59 Å². The van der Waals surface area contributed by atoms with Gasteiger partial charge < -0.3 is 16.2 Å². The van der Waals surface area contributed by atoms with E-state index in [-0.39, 0.29) is 13.0 Å². The predicted molar refractivity (Wildman–Crippen MR) is 63.7 cm³/mol. The highest BCUT2D eigenvalue weighted by Gasteiger charge is 2.19. The highest BCUT2D eigenvalue weighted by atomic mass is 16.4. The first kappa shape index (κ1) is 13.8.